The second kappa shape index (κ2) is 11.3. The molecule has 0 aliphatic carbocycles. The lowest BCUT2D eigenvalue weighted by atomic mass is 9.98. The topological polar surface area (TPSA) is 51.2 Å². The smallest absolute Gasteiger partial charge is 0.242 e. The molecule has 24 heavy (non-hydrogen) atoms. The van der Waals surface area contributed by atoms with Gasteiger partial charge in [0.1, 0.15) is 0 Å². The highest BCUT2D eigenvalue weighted by Gasteiger charge is 2.19. The first-order valence-electron chi connectivity index (χ1n) is 9.55. The highest BCUT2D eigenvalue weighted by molar-refractivity contribution is 5.86. The van der Waals surface area contributed by atoms with E-state index in [2.05, 4.69) is 24.1 Å². The first-order chi connectivity index (χ1) is 11.5. The zero-order valence-corrected chi connectivity index (χ0v) is 16.3. The molecule has 0 saturated carbocycles. The number of rotatable bonds is 8. The summed E-state index contributed by atoms with van der Waals surface area (Å²) in [5.41, 5.74) is 0. The number of carbonyl (C=O) groups is 1. The average Bonchev–Trinajstić information content (AvgIpc) is 2.59. The van der Waals surface area contributed by atoms with Crippen molar-refractivity contribution in [1.29, 1.82) is 0 Å². The fourth-order valence-electron chi connectivity index (χ4n) is 3.23. The molecule has 1 fully saturated rings. The zero-order valence-electron chi connectivity index (χ0n) is 16.3. The van der Waals surface area contributed by atoms with Crippen molar-refractivity contribution in [2.75, 3.05) is 59.4 Å². The van der Waals surface area contributed by atoms with Crippen LogP contribution in [0.3, 0.4) is 0 Å². The Hall–Kier alpha value is -1.30. The second-order valence-electron chi connectivity index (χ2n) is 6.52. The molecule has 1 heterocycles. The van der Waals surface area contributed by atoms with E-state index in [1.807, 2.05) is 30.7 Å². The minimum Gasteiger partial charge on any atom is -0.357 e. The number of hydrogen-bond acceptors (Lipinski definition) is 3. The normalized spacial score (nSPS) is 19.2. The van der Waals surface area contributed by atoms with Crippen LogP contribution in [0.5, 0.6) is 0 Å². The van der Waals surface area contributed by atoms with Crippen LogP contribution in [0, 0.1) is 5.92 Å². The van der Waals surface area contributed by atoms with Crippen LogP contribution in [0.2, 0.25) is 0 Å². The van der Waals surface area contributed by atoms with Gasteiger partial charge in [0, 0.05) is 39.8 Å². The summed E-state index contributed by atoms with van der Waals surface area (Å²) in [6.07, 6.45) is 2.52. The Bertz CT molecular complexity index is 395. The van der Waals surface area contributed by atoms with Gasteiger partial charge in [-0.1, -0.05) is 6.92 Å². The van der Waals surface area contributed by atoms with E-state index in [1.54, 1.807) is 0 Å². The van der Waals surface area contributed by atoms with Gasteiger partial charge in [0.05, 0.1) is 6.54 Å². The maximum absolute atomic E-state index is 12.3. The standard InChI is InChI=1S/C18H37N5O/c1-6-19-18(21(5)15-17(24)23(8-3)9-4)20-13-16-11-10-12-22(7-2)14-16/h16H,6-15H2,1-5H3,(H,19,20). The second-order valence-corrected chi connectivity index (χ2v) is 6.52. The molecular weight excluding hydrogens is 302 g/mol. The molecule has 1 rings (SSSR count). The number of nitrogens with one attached hydrogen (secondary N) is 1. The van der Waals surface area contributed by atoms with Gasteiger partial charge >= 0.3 is 0 Å². The fraction of sp³-hybridized carbons (Fsp3) is 0.889. The van der Waals surface area contributed by atoms with Gasteiger partial charge in [-0.15, -0.1) is 0 Å². The lowest BCUT2D eigenvalue weighted by Crippen LogP contribution is -2.46. The first kappa shape index (κ1) is 20.7. The van der Waals surface area contributed by atoms with Crippen molar-refractivity contribution in [2.45, 2.75) is 40.5 Å². The molecule has 1 amide bonds. The number of likely N-dealkylation sites (tertiary alicyclic amines) is 1. The lowest BCUT2D eigenvalue weighted by molar-refractivity contribution is -0.131. The predicted octanol–water partition coefficient (Wildman–Crippen LogP) is 1.48. The van der Waals surface area contributed by atoms with E-state index in [-0.39, 0.29) is 5.91 Å². The molecule has 1 atom stereocenters. The Morgan fingerprint density at radius 3 is 2.54 bits per heavy atom. The third kappa shape index (κ3) is 6.67. The van der Waals surface area contributed by atoms with E-state index >= 15 is 0 Å². The molecule has 0 aromatic carbocycles. The minimum absolute atomic E-state index is 0.155. The minimum atomic E-state index is 0.155. The van der Waals surface area contributed by atoms with Gasteiger partial charge in [0.2, 0.25) is 5.91 Å². The fourth-order valence-corrected chi connectivity index (χ4v) is 3.23. The molecule has 6 heteroatoms. The lowest BCUT2D eigenvalue weighted by Gasteiger charge is -2.31. The predicted molar refractivity (Wildman–Crippen MR) is 101 cm³/mol. The number of piperidine rings is 1. The quantitative estimate of drug-likeness (QED) is 0.538. The summed E-state index contributed by atoms with van der Waals surface area (Å²) >= 11 is 0. The van der Waals surface area contributed by atoms with Gasteiger partial charge in [-0.05, 0) is 52.6 Å². The van der Waals surface area contributed by atoms with E-state index in [0.29, 0.717) is 12.5 Å². The summed E-state index contributed by atoms with van der Waals surface area (Å²) < 4.78 is 0. The molecule has 1 aliphatic heterocycles. The number of amides is 1. The molecule has 0 aromatic heterocycles. The van der Waals surface area contributed by atoms with Crippen LogP contribution in [0.15, 0.2) is 4.99 Å². The van der Waals surface area contributed by atoms with Gasteiger partial charge in [0.25, 0.3) is 0 Å². The average molecular weight is 340 g/mol. The number of aliphatic imine (C=N–C) groups is 1. The Labute approximate surface area is 148 Å². The van der Waals surface area contributed by atoms with E-state index in [9.17, 15) is 4.79 Å². The summed E-state index contributed by atoms with van der Waals surface area (Å²) in [4.78, 5) is 23.4. The van der Waals surface area contributed by atoms with Crippen LogP contribution in [0.25, 0.3) is 0 Å². The van der Waals surface area contributed by atoms with Crippen LogP contribution in [0.1, 0.15) is 40.5 Å². The Morgan fingerprint density at radius 1 is 1.25 bits per heavy atom. The van der Waals surface area contributed by atoms with Crippen LogP contribution in [-0.4, -0.2) is 86.0 Å². The monoisotopic (exact) mass is 339 g/mol. The molecule has 6 nitrogen and oxygen atoms in total. The number of carbonyl (C=O) groups excluding carboxylic acids is 1. The highest BCUT2D eigenvalue weighted by Crippen LogP contribution is 2.16. The third-order valence-corrected chi connectivity index (χ3v) is 4.73. The molecular formula is C18H37N5O. The van der Waals surface area contributed by atoms with E-state index in [0.717, 1.165) is 45.2 Å². The van der Waals surface area contributed by atoms with E-state index in [4.69, 9.17) is 4.99 Å². The summed E-state index contributed by atoms with van der Waals surface area (Å²) in [6, 6.07) is 0. The van der Waals surface area contributed by atoms with Crippen LogP contribution < -0.4 is 5.32 Å². The van der Waals surface area contributed by atoms with Crippen molar-refractivity contribution >= 4 is 11.9 Å². The van der Waals surface area contributed by atoms with E-state index < -0.39 is 0 Å². The molecule has 0 spiro atoms. The van der Waals surface area contributed by atoms with Crippen molar-refractivity contribution in [3.05, 3.63) is 0 Å². The first-order valence-corrected chi connectivity index (χ1v) is 9.55. The molecule has 1 N–H and O–H groups in total. The van der Waals surface area contributed by atoms with Crippen molar-refractivity contribution in [3.63, 3.8) is 0 Å². The van der Waals surface area contributed by atoms with Crippen LogP contribution >= 0.6 is 0 Å². The van der Waals surface area contributed by atoms with Crippen molar-refractivity contribution in [3.8, 4) is 0 Å². The van der Waals surface area contributed by atoms with Gasteiger partial charge in [-0.3, -0.25) is 9.79 Å². The van der Waals surface area contributed by atoms with Gasteiger partial charge in [-0.25, -0.2) is 0 Å². The Balaban J connectivity index is 2.61. The largest absolute Gasteiger partial charge is 0.357 e. The summed E-state index contributed by atoms with van der Waals surface area (Å²) in [5, 5.41) is 3.32. The molecule has 1 unspecified atom stereocenters. The molecule has 0 aromatic rings. The van der Waals surface area contributed by atoms with Crippen molar-refractivity contribution in [1.82, 2.24) is 20.0 Å². The number of hydrogen-bond donors (Lipinski definition) is 1. The maximum atomic E-state index is 12.3. The summed E-state index contributed by atoms with van der Waals surface area (Å²) in [7, 11) is 1.95. The van der Waals surface area contributed by atoms with E-state index in [1.165, 1.54) is 19.4 Å². The molecule has 140 valence electrons. The number of guanidine groups is 1. The molecule has 1 aliphatic rings. The molecule has 1 saturated heterocycles. The SMILES string of the molecule is CCNC(=NCC1CCCN(CC)C1)N(C)CC(=O)N(CC)CC. The van der Waals surface area contributed by atoms with Gasteiger partial charge in [0.15, 0.2) is 5.96 Å². The molecule has 0 bridgehead atoms. The van der Waals surface area contributed by atoms with Gasteiger partial charge < -0.3 is 20.0 Å². The summed E-state index contributed by atoms with van der Waals surface area (Å²) in [5.74, 6) is 1.62. The number of likely N-dealkylation sites (N-methyl/N-ethyl adjacent to an activating group) is 2. The maximum Gasteiger partial charge on any atom is 0.242 e. The third-order valence-electron chi connectivity index (χ3n) is 4.73. The van der Waals surface area contributed by atoms with Crippen molar-refractivity contribution < 1.29 is 4.79 Å². The van der Waals surface area contributed by atoms with Gasteiger partial charge in [-0.2, -0.15) is 0 Å². The molecule has 0 radical (unpaired) electrons. The van der Waals surface area contributed by atoms with Crippen LogP contribution in [-0.2, 0) is 4.79 Å². The summed E-state index contributed by atoms with van der Waals surface area (Å²) in [6.45, 7) is 15.3. The Kier molecular flexibility index (Phi) is 9.76. The number of nitrogens with zero attached hydrogens (tertiary/aromatic N) is 4. The van der Waals surface area contributed by atoms with Crippen molar-refractivity contribution in [2.24, 2.45) is 10.9 Å². The zero-order chi connectivity index (χ0) is 17.9. The van der Waals surface area contributed by atoms with Crippen LogP contribution in [0.4, 0.5) is 0 Å². The Morgan fingerprint density at radius 2 is 1.96 bits per heavy atom. The highest BCUT2D eigenvalue weighted by atomic mass is 16.2.